The number of nitrogens with one attached hydrogen (secondary N) is 2. The molecular weight excluding hydrogens is 426 g/mol. The van der Waals surface area contributed by atoms with E-state index in [4.69, 9.17) is 4.74 Å². The highest BCUT2D eigenvalue weighted by atomic mass is 32.2. The Morgan fingerprint density at radius 2 is 1.66 bits per heavy atom. The van der Waals surface area contributed by atoms with Crippen LogP contribution in [0.2, 0.25) is 0 Å². The largest absolute Gasteiger partial charge is 0.378 e. The molecular formula is C24H25N3O4S. The number of benzene rings is 3. The Hall–Kier alpha value is -3.36. The summed E-state index contributed by atoms with van der Waals surface area (Å²) in [5, 5.41) is 2.88. The lowest BCUT2D eigenvalue weighted by Crippen LogP contribution is -2.36. The highest BCUT2D eigenvalue weighted by Gasteiger charge is 2.17. The number of aryl methyl sites for hydroxylation is 1. The van der Waals surface area contributed by atoms with Crippen LogP contribution in [0, 0.1) is 6.92 Å². The van der Waals surface area contributed by atoms with Gasteiger partial charge in [0.05, 0.1) is 23.8 Å². The van der Waals surface area contributed by atoms with Gasteiger partial charge in [-0.1, -0.05) is 24.3 Å². The van der Waals surface area contributed by atoms with E-state index in [9.17, 15) is 13.2 Å². The van der Waals surface area contributed by atoms with Crippen LogP contribution in [-0.2, 0) is 14.8 Å². The van der Waals surface area contributed by atoms with Crippen LogP contribution < -0.4 is 14.9 Å². The van der Waals surface area contributed by atoms with Gasteiger partial charge in [-0.05, 0) is 61.0 Å². The Balaban J connectivity index is 1.45. The molecule has 0 bridgehead atoms. The third kappa shape index (κ3) is 5.09. The van der Waals surface area contributed by atoms with Crippen LogP contribution in [0.5, 0.6) is 0 Å². The number of sulfonamides is 1. The highest BCUT2D eigenvalue weighted by Crippen LogP contribution is 2.22. The van der Waals surface area contributed by atoms with E-state index in [0.29, 0.717) is 30.2 Å². The predicted molar refractivity (Wildman–Crippen MR) is 126 cm³/mol. The molecule has 4 rings (SSSR count). The minimum absolute atomic E-state index is 0.0895. The number of carbonyl (C=O) groups excluding carboxylic acids is 1. The summed E-state index contributed by atoms with van der Waals surface area (Å²) in [6.07, 6.45) is 0. The lowest BCUT2D eigenvalue weighted by atomic mass is 10.2. The Morgan fingerprint density at radius 1 is 0.938 bits per heavy atom. The third-order valence-corrected chi connectivity index (χ3v) is 6.68. The summed E-state index contributed by atoms with van der Waals surface area (Å²) >= 11 is 0. The van der Waals surface area contributed by atoms with Gasteiger partial charge in [-0.2, -0.15) is 0 Å². The van der Waals surface area contributed by atoms with Gasteiger partial charge in [-0.3, -0.25) is 9.52 Å². The van der Waals surface area contributed by atoms with Crippen molar-refractivity contribution in [2.75, 3.05) is 41.2 Å². The van der Waals surface area contributed by atoms with Gasteiger partial charge in [0, 0.05) is 30.0 Å². The SMILES string of the molecule is Cc1ccccc1NS(=O)(=O)c1ccc(C(=O)Nc2cccc(N3CCOCC3)c2)cc1. The van der Waals surface area contributed by atoms with Crippen LogP contribution in [0.4, 0.5) is 17.1 Å². The van der Waals surface area contributed by atoms with E-state index in [2.05, 4.69) is 14.9 Å². The number of hydrogen-bond acceptors (Lipinski definition) is 5. The molecule has 1 heterocycles. The summed E-state index contributed by atoms with van der Waals surface area (Å²) in [6.45, 7) is 4.82. The molecule has 0 saturated carbocycles. The minimum Gasteiger partial charge on any atom is -0.378 e. The molecule has 0 radical (unpaired) electrons. The summed E-state index contributed by atoms with van der Waals surface area (Å²) < 4.78 is 33.4. The number of amides is 1. The summed E-state index contributed by atoms with van der Waals surface area (Å²) in [5.74, 6) is -0.306. The highest BCUT2D eigenvalue weighted by molar-refractivity contribution is 7.92. The molecule has 3 aromatic rings. The van der Waals surface area contributed by atoms with Crippen molar-refractivity contribution in [3.8, 4) is 0 Å². The van der Waals surface area contributed by atoms with Crippen LogP contribution in [0.15, 0.2) is 77.7 Å². The standard InChI is InChI=1S/C24H25N3O4S/c1-18-5-2-3-8-23(18)26-32(29,30)22-11-9-19(10-12-22)24(28)25-20-6-4-7-21(17-20)27-13-15-31-16-14-27/h2-12,17,26H,13-16H2,1H3,(H,25,28). The minimum atomic E-state index is -3.75. The average molecular weight is 452 g/mol. The van der Waals surface area contributed by atoms with Gasteiger partial charge in [0.25, 0.3) is 15.9 Å². The molecule has 2 N–H and O–H groups in total. The number of para-hydroxylation sites is 1. The van der Waals surface area contributed by atoms with E-state index in [-0.39, 0.29) is 10.8 Å². The molecule has 8 heteroatoms. The fourth-order valence-corrected chi connectivity index (χ4v) is 4.61. The van der Waals surface area contributed by atoms with Crippen LogP contribution >= 0.6 is 0 Å². The molecule has 0 spiro atoms. The molecule has 0 atom stereocenters. The summed E-state index contributed by atoms with van der Waals surface area (Å²) in [7, 11) is -3.75. The molecule has 0 aliphatic carbocycles. The van der Waals surface area contributed by atoms with Crippen molar-refractivity contribution >= 4 is 33.0 Å². The van der Waals surface area contributed by atoms with Gasteiger partial charge >= 0.3 is 0 Å². The second-order valence-electron chi connectivity index (χ2n) is 7.55. The van der Waals surface area contributed by atoms with Crippen LogP contribution in [0.3, 0.4) is 0 Å². The van der Waals surface area contributed by atoms with E-state index in [1.165, 1.54) is 24.3 Å². The first-order valence-electron chi connectivity index (χ1n) is 10.3. The van der Waals surface area contributed by atoms with E-state index in [0.717, 1.165) is 24.3 Å². The van der Waals surface area contributed by atoms with Crippen molar-refractivity contribution in [3.05, 3.63) is 83.9 Å². The maximum Gasteiger partial charge on any atom is 0.261 e. The van der Waals surface area contributed by atoms with Crippen LogP contribution in [0.25, 0.3) is 0 Å². The first-order chi connectivity index (χ1) is 15.4. The van der Waals surface area contributed by atoms with Gasteiger partial charge in [0.2, 0.25) is 0 Å². The van der Waals surface area contributed by atoms with Crippen molar-refractivity contribution < 1.29 is 17.9 Å². The van der Waals surface area contributed by atoms with E-state index < -0.39 is 10.0 Å². The first kappa shape index (κ1) is 21.9. The Kier molecular flexibility index (Phi) is 6.43. The van der Waals surface area contributed by atoms with Crippen molar-refractivity contribution in [2.45, 2.75) is 11.8 Å². The summed E-state index contributed by atoms with van der Waals surface area (Å²) in [6, 6.07) is 20.7. The molecule has 32 heavy (non-hydrogen) atoms. The number of hydrogen-bond donors (Lipinski definition) is 2. The smallest absolute Gasteiger partial charge is 0.261 e. The maximum absolute atomic E-state index is 12.7. The van der Waals surface area contributed by atoms with Crippen molar-refractivity contribution in [3.63, 3.8) is 0 Å². The van der Waals surface area contributed by atoms with Crippen molar-refractivity contribution in [1.82, 2.24) is 0 Å². The Morgan fingerprint density at radius 3 is 2.38 bits per heavy atom. The molecule has 0 unspecified atom stereocenters. The average Bonchev–Trinajstić information content (AvgIpc) is 2.81. The van der Waals surface area contributed by atoms with Crippen LogP contribution in [0.1, 0.15) is 15.9 Å². The topological polar surface area (TPSA) is 87.7 Å². The lowest BCUT2D eigenvalue weighted by molar-refractivity contribution is 0.102. The zero-order valence-corrected chi connectivity index (χ0v) is 18.6. The van der Waals surface area contributed by atoms with Crippen molar-refractivity contribution in [1.29, 1.82) is 0 Å². The fourth-order valence-electron chi connectivity index (χ4n) is 3.48. The van der Waals surface area contributed by atoms with Gasteiger partial charge in [-0.25, -0.2) is 8.42 Å². The van der Waals surface area contributed by atoms with E-state index in [1.54, 1.807) is 12.1 Å². The molecule has 1 aliphatic rings. The number of morpholine rings is 1. The number of carbonyl (C=O) groups is 1. The molecule has 1 aliphatic heterocycles. The Bertz CT molecular complexity index is 1200. The molecule has 3 aromatic carbocycles. The second kappa shape index (κ2) is 9.42. The lowest BCUT2D eigenvalue weighted by Gasteiger charge is -2.29. The number of anilines is 3. The maximum atomic E-state index is 12.7. The van der Waals surface area contributed by atoms with Gasteiger partial charge < -0.3 is 15.0 Å². The van der Waals surface area contributed by atoms with Gasteiger partial charge in [-0.15, -0.1) is 0 Å². The zero-order valence-electron chi connectivity index (χ0n) is 17.7. The zero-order chi connectivity index (χ0) is 22.6. The summed E-state index contributed by atoms with van der Waals surface area (Å²) in [4.78, 5) is 15.0. The number of rotatable bonds is 6. The van der Waals surface area contributed by atoms with E-state index >= 15 is 0 Å². The second-order valence-corrected chi connectivity index (χ2v) is 9.23. The quantitative estimate of drug-likeness (QED) is 0.594. The molecule has 1 saturated heterocycles. The molecule has 0 aromatic heterocycles. The van der Waals surface area contributed by atoms with Gasteiger partial charge in [0.1, 0.15) is 0 Å². The van der Waals surface area contributed by atoms with E-state index in [1.807, 2.05) is 43.3 Å². The molecule has 166 valence electrons. The normalized spacial score (nSPS) is 14.1. The predicted octanol–water partition coefficient (Wildman–Crippen LogP) is 3.88. The Labute approximate surface area is 188 Å². The first-order valence-corrected chi connectivity index (χ1v) is 11.8. The molecule has 1 amide bonds. The fraction of sp³-hybridized carbons (Fsp3) is 0.208. The summed E-state index contributed by atoms with van der Waals surface area (Å²) in [5.41, 5.74) is 3.42. The molecule has 1 fully saturated rings. The van der Waals surface area contributed by atoms with Crippen molar-refractivity contribution in [2.24, 2.45) is 0 Å². The monoisotopic (exact) mass is 451 g/mol. The number of nitrogens with zero attached hydrogens (tertiary/aromatic N) is 1. The van der Waals surface area contributed by atoms with Gasteiger partial charge in [0.15, 0.2) is 0 Å². The number of ether oxygens (including phenoxy) is 1. The third-order valence-electron chi connectivity index (χ3n) is 5.30. The molecule has 7 nitrogen and oxygen atoms in total. The van der Waals surface area contributed by atoms with Crippen LogP contribution in [-0.4, -0.2) is 40.6 Å².